The Morgan fingerprint density at radius 3 is 2.50 bits per heavy atom. The maximum Gasteiger partial charge on any atom is 0.260 e. The summed E-state index contributed by atoms with van der Waals surface area (Å²) in [6.07, 6.45) is 0. The number of rotatable bonds is 5. The molecule has 1 N–H and O–H groups in total. The van der Waals surface area contributed by atoms with E-state index in [4.69, 9.17) is 4.98 Å². The first-order valence-electron chi connectivity index (χ1n) is 8.60. The summed E-state index contributed by atoms with van der Waals surface area (Å²) in [5.41, 5.74) is 3.73. The van der Waals surface area contributed by atoms with Gasteiger partial charge in [-0.15, -0.1) is 0 Å². The standard InChI is InChI=1S/C20H22FN3OS/c1-13-5-10-17-18(14(13)2)22-20(26-17)24(12-11-23(3)4)19(25)15-6-8-16(21)9-7-15/h5-10H,11-12H2,1-4H3/p+1. The summed E-state index contributed by atoms with van der Waals surface area (Å²) in [5.74, 6) is -0.503. The van der Waals surface area contributed by atoms with E-state index in [1.165, 1.54) is 46.1 Å². The van der Waals surface area contributed by atoms with Crippen molar-refractivity contribution in [3.63, 3.8) is 0 Å². The van der Waals surface area contributed by atoms with Crippen molar-refractivity contribution in [3.05, 3.63) is 58.9 Å². The lowest BCUT2D eigenvalue weighted by atomic mass is 10.1. The van der Waals surface area contributed by atoms with Crippen molar-refractivity contribution in [3.8, 4) is 0 Å². The number of hydrogen-bond donors (Lipinski definition) is 1. The summed E-state index contributed by atoms with van der Waals surface area (Å²) in [7, 11) is 4.10. The van der Waals surface area contributed by atoms with Crippen LogP contribution in [0.25, 0.3) is 10.2 Å². The molecule has 0 saturated heterocycles. The molecule has 1 aromatic heterocycles. The molecule has 4 nitrogen and oxygen atoms in total. The lowest BCUT2D eigenvalue weighted by molar-refractivity contribution is -0.856. The fourth-order valence-electron chi connectivity index (χ4n) is 2.70. The van der Waals surface area contributed by atoms with Gasteiger partial charge in [-0.05, 0) is 55.3 Å². The molecule has 0 radical (unpaired) electrons. The van der Waals surface area contributed by atoms with E-state index in [0.29, 0.717) is 17.2 Å². The van der Waals surface area contributed by atoms with Gasteiger partial charge in [-0.1, -0.05) is 17.4 Å². The summed E-state index contributed by atoms with van der Waals surface area (Å²) < 4.78 is 14.3. The highest BCUT2D eigenvalue weighted by molar-refractivity contribution is 7.22. The van der Waals surface area contributed by atoms with Crippen molar-refractivity contribution in [2.45, 2.75) is 13.8 Å². The smallest absolute Gasteiger partial charge is 0.260 e. The molecular formula is C20H23FN3OS+. The van der Waals surface area contributed by atoms with Gasteiger partial charge < -0.3 is 4.90 Å². The maximum absolute atomic E-state index is 13.2. The van der Waals surface area contributed by atoms with Gasteiger partial charge in [0.2, 0.25) is 0 Å². The Balaban J connectivity index is 2.01. The molecule has 1 amide bonds. The zero-order chi connectivity index (χ0) is 18.8. The highest BCUT2D eigenvalue weighted by Crippen LogP contribution is 2.32. The van der Waals surface area contributed by atoms with E-state index in [1.54, 1.807) is 4.90 Å². The number of quaternary nitrogens is 1. The van der Waals surface area contributed by atoms with Crippen molar-refractivity contribution in [1.29, 1.82) is 0 Å². The predicted octanol–water partition coefficient (Wildman–Crippen LogP) is 2.84. The van der Waals surface area contributed by atoms with E-state index in [-0.39, 0.29) is 11.7 Å². The van der Waals surface area contributed by atoms with Crippen LogP contribution in [0.1, 0.15) is 21.5 Å². The molecule has 0 bridgehead atoms. The van der Waals surface area contributed by atoms with E-state index in [9.17, 15) is 9.18 Å². The number of likely N-dealkylation sites (N-methyl/N-ethyl adjacent to an activating group) is 1. The molecule has 0 spiro atoms. The van der Waals surface area contributed by atoms with Crippen LogP contribution in [0.5, 0.6) is 0 Å². The quantitative estimate of drug-likeness (QED) is 0.748. The van der Waals surface area contributed by atoms with Crippen molar-refractivity contribution < 1.29 is 14.1 Å². The van der Waals surface area contributed by atoms with Gasteiger partial charge in [0.05, 0.1) is 37.4 Å². The van der Waals surface area contributed by atoms with Crippen LogP contribution < -0.4 is 9.80 Å². The van der Waals surface area contributed by atoms with Gasteiger partial charge in [0, 0.05) is 5.56 Å². The van der Waals surface area contributed by atoms with Crippen molar-refractivity contribution in [1.82, 2.24) is 4.98 Å². The third-order valence-corrected chi connectivity index (χ3v) is 5.52. The minimum atomic E-state index is -0.350. The first-order chi connectivity index (χ1) is 12.4. The Hall–Kier alpha value is -2.31. The van der Waals surface area contributed by atoms with Gasteiger partial charge in [0.25, 0.3) is 5.91 Å². The van der Waals surface area contributed by atoms with E-state index in [0.717, 1.165) is 22.3 Å². The lowest BCUT2D eigenvalue weighted by Gasteiger charge is -2.20. The highest BCUT2D eigenvalue weighted by atomic mass is 32.1. The van der Waals surface area contributed by atoms with Crippen LogP contribution in [0.4, 0.5) is 9.52 Å². The molecule has 6 heteroatoms. The van der Waals surface area contributed by atoms with Crippen LogP contribution in [0.2, 0.25) is 0 Å². The Morgan fingerprint density at radius 1 is 1.15 bits per heavy atom. The van der Waals surface area contributed by atoms with Crippen LogP contribution in [-0.4, -0.2) is 38.1 Å². The molecule has 26 heavy (non-hydrogen) atoms. The van der Waals surface area contributed by atoms with Crippen LogP contribution in [0.15, 0.2) is 36.4 Å². The summed E-state index contributed by atoms with van der Waals surface area (Å²) in [5, 5.41) is 0.685. The number of benzene rings is 2. The Bertz CT molecular complexity index is 934. The molecule has 136 valence electrons. The van der Waals surface area contributed by atoms with Gasteiger partial charge in [0.1, 0.15) is 5.82 Å². The predicted molar refractivity (Wildman–Crippen MR) is 105 cm³/mol. The third kappa shape index (κ3) is 3.76. The number of hydrogen-bond acceptors (Lipinski definition) is 3. The van der Waals surface area contributed by atoms with Gasteiger partial charge in [0.15, 0.2) is 5.13 Å². The third-order valence-electron chi connectivity index (χ3n) is 4.48. The van der Waals surface area contributed by atoms with Crippen LogP contribution in [0, 0.1) is 19.7 Å². The second kappa shape index (κ2) is 7.51. The topological polar surface area (TPSA) is 37.6 Å². The average Bonchev–Trinajstić information content (AvgIpc) is 3.03. The second-order valence-electron chi connectivity index (χ2n) is 6.77. The first kappa shape index (κ1) is 18.5. The highest BCUT2D eigenvalue weighted by Gasteiger charge is 2.22. The van der Waals surface area contributed by atoms with Gasteiger partial charge >= 0.3 is 0 Å². The Labute approximate surface area is 156 Å². The number of amides is 1. The Morgan fingerprint density at radius 2 is 1.85 bits per heavy atom. The van der Waals surface area contributed by atoms with Crippen molar-refractivity contribution in [2.75, 3.05) is 32.1 Å². The number of aromatic nitrogens is 1. The van der Waals surface area contributed by atoms with E-state index < -0.39 is 0 Å². The molecule has 0 saturated carbocycles. The fraction of sp³-hybridized carbons (Fsp3) is 0.300. The summed E-state index contributed by atoms with van der Waals surface area (Å²) in [6.45, 7) is 5.46. The first-order valence-corrected chi connectivity index (χ1v) is 9.41. The Kier molecular flexibility index (Phi) is 5.34. The van der Waals surface area contributed by atoms with E-state index in [2.05, 4.69) is 26.0 Å². The molecule has 2 aromatic carbocycles. The molecule has 0 atom stereocenters. The second-order valence-corrected chi connectivity index (χ2v) is 7.78. The molecule has 0 fully saturated rings. The van der Waals surface area contributed by atoms with Gasteiger partial charge in [-0.25, -0.2) is 9.37 Å². The molecule has 1 heterocycles. The maximum atomic E-state index is 13.2. The molecule has 0 aliphatic heterocycles. The molecule has 0 aliphatic rings. The summed E-state index contributed by atoms with van der Waals surface area (Å²) in [4.78, 5) is 20.8. The monoisotopic (exact) mass is 372 g/mol. The number of nitrogens with one attached hydrogen (secondary N) is 1. The number of aryl methyl sites for hydroxylation is 2. The molecule has 3 aromatic rings. The van der Waals surface area contributed by atoms with Gasteiger partial charge in [-0.2, -0.15) is 0 Å². The zero-order valence-electron chi connectivity index (χ0n) is 15.5. The lowest BCUT2D eigenvalue weighted by Crippen LogP contribution is -3.06. The minimum Gasteiger partial charge on any atom is -0.338 e. The van der Waals surface area contributed by atoms with E-state index in [1.807, 2.05) is 14.1 Å². The number of fused-ring (bicyclic) bond motifs is 1. The summed E-state index contributed by atoms with van der Waals surface area (Å²) in [6, 6.07) is 9.81. The van der Waals surface area contributed by atoms with Crippen molar-refractivity contribution >= 4 is 32.6 Å². The average molecular weight is 372 g/mol. The van der Waals surface area contributed by atoms with Crippen LogP contribution in [-0.2, 0) is 0 Å². The number of anilines is 1. The number of halogens is 1. The molecule has 0 unspecified atom stereocenters. The van der Waals surface area contributed by atoms with Crippen molar-refractivity contribution in [2.24, 2.45) is 0 Å². The van der Waals surface area contributed by atoms with Gasteiger partial charge in [-0.3, -0.25) is 9.69 Å². The molecule has 3 rings (SSSR count). The van der Waals surface area contributed by atoms with Crippen LogP contribution >= 0.6 is 11.3 Å². The molecular weight excluding hydrogens is 349 g/mol. The summed E-state index contributed by atoms with van der Waals surface area (Å²) >= 11 is 1.52. The minimum absolute atomic E-state index is 0.153. The molecule has 0 aliphatic carbocycles. The fourth-order valence-corrected chi connectivity index (χ4v) is 3.75. The zero-order valence-corrected chi connectivity index (χ0v) is 16.3. The number of thiazole rings is 1. The number of carbonyl (C=O) groups is 1. The normalized spacial score (nSPS) is 11.3. The SMILES string of the molecule is Cc1ccc2sc(N(CC[NH+](C)C)C(=O)c3ccc(F)cc3)nc2c1C. The van der Waals surface area contributed by atoms with Crippen LogP contribution in [0.3, 0.4) is 0 Å². The number of carbonyl (C=O) groups excluding carboxylic acids is 1. The largest absolute Gasteiger partial charge is 0.338 e. The van der Waals surface area contributed by atoms with E-state index >= 15 is 0 Å². The number of nitrogens with zero attached hydrogens (tertiary/aromatic N) is 2.